The van der Waals surface area contributed by atoms with Gasteiger partial charge in [-0.25, -0.2) is 4.98 Å². The topological polar surface area (TPSA) is 22.1 Å². The molecule has 0 saturated carbocycles. The maximum Gasteiger partial charge on any atom is 0.219 e. The summed E-state index contributed by atoms with van der Waals surface area (Å²) < 4.78 is 6.76. The molecule has 0 saturated heterocycles. The first-order valence-electron chi connectivity index (χ1n) is 6.26. The SMILES string of the molecule is Brc1cccc(Oc2cc(-c3ccccc3)ccn2)c1. The highest BCUT2D eigenvalue weighted by Crippen LogP contribution is 2.26. The standard InChI is InChI=1S/C17H12BrNO/c18-15-7-4-8-16(12-15)20-17-11-14(9-10-19-17)13-5-2-1-3-6-13/h1-12H. The van der Waals surface area contributed by atoms with Gasteiger partial charge in [0.05, 0.1) is 0 Å². The molecule has 0 atom stereocenters. The Kier molecular flexibility index (Phi) is 3.79. The van der Waals surface area contributed by atoms with Crippen molar-refractivity contribution in [2.24, 2.45) is 0 Å². The normalized spacial score (nSPS) is 10.2. The van der Waals surface area contributed by atoms with Crippen LogP contribution in [0.25, 0.3) is 11.1 Å². The molecule has 0 N–H and O–H groups in total. The molecule has 0 aliphatic carbocycles. The van der Waals surface area contributed by atoms with E-state index < -0.39 is 0 Å². The van der Waals surface area contributed by atoms with Crippen molar-refractivity contribution in [2.45, 2.75) is 0 Å². The number of rotatable bonds is 3. The highest BCUT2D eigenvalue weighted by molar-refractivity contribution is 9.10. The van der Waals surface area contributed by atoms with E-state index in [-0.39, 0.29) is 0 Å². The lowest BCUT2D eigenvalue weighted by atomic mass is 10.1. The minimum Gasteiger partial charge on any atom is -0.439 e. The van der Waals surface area contributed by atoms with Gasteiger partial charge < -0.3 is 4.74 Å². The average Bonchev–Trinajstić information content (AvgIpc) is 2.48. The molecule has 1 aromatic heterocycles. The van der Waals surface area contributed by atoms with Crippen LogP contribution in [-0.2, 0) is 0 Å². The van der Waals surface area contributed by atoms with E-state index in [4.69, 9.17) is 4.74 Å². The number of benzene rings is 2. The molecule has 3 rings (SSSR count). The number of hydrogen-bond donors (Lipinski definition) is 0. The number of ether oxygens (including phenoxy) is 1. The van der Waals surface area contributed by atoms with Crippen molar-refractivity contribution in [2.75, 3.05) is 0 Å². The monoisotopic (exact) mass is 325 g/mol. The second kappa shape index (κ2) is 5.88. The van der Waals surface area contributed by atoms with Crippen molar-refractivity contribution in [3.8, 4) is 22.8 Å². The van der Waals surface area contributed by atoms with Crippen molar-refractivity contribution in [3.63, 3.8) is 0 Å². The summed E-state index contributed by atoms with van der Waals surface area (Å²) in [5.74, 6) is 1.35. The third kappa shape index (κ3) is 3.06. The summed E-state index contributed by atoms with van der Waals surface area (Å²) in [7, 11) is 0. The van der Waals surface area contributed by atoms with Crippen LogP contribution < -0.4 is 4.74 Å². The van der Waals surface area contributed by atoms with Gasteiger partial charge in [0.15, 0.2) is 0 Å². The summed E-state index contributed by atoms with van der Waals surface area (Å²) >= 11 is 3.43. The molecular weight excluding hydrogens is 314 g/mol. The zero-order valence-corrected chi connectivity index (χ0v) is 12.2. The largest absolute Gasteiger partial charge is 0.439 e. The highest BCUT2D eigenvalue weighted by Gasteiger charge is 2.02. The zero-order chi connectivity index (χ0) is 13.8. The van der Waals surface area contributed by atoms with Crippen LogP contribution in [-0.4, -0.2) is 4.98 Å². The molecule has 0 aliphatic heterocycles. The van der Waals surface area contributed by atoms with Gasteiger partial charge in [-0.05, 0) is 35.4 Å². The van der Waals surface area contributed by atoms with E-state index in [9.17, 15) is 0 Å². The van der Waals surface area contributed by atoms with Crippen molar-refractivity contribution >= 4 is 15.9 Å². The van der Waals surface area contributed by atoms with E-state index in [0.717, 1.165) is 21.3 Å². The van der Waals surface area contributed by atoms with Gasteiger partial charge in [-0.3, -0.25) is 0 Å². The smallest absolute Gasteiger partial charge is 0.219 e. The molecule has 2 aromatic carbocycles. The molecule has 0 unspecified atom stereocenters. The quantitative estimate of drug-likeness (QED) is 0.651. The summed E-state index contributed by atoms with van der Waals surface area (Å²) in [4.78, 5) is 4.25. The first kappa shape index (κ1) is 12.9. The Morgan fingerprint density at radius 2 is 1.65 bits per heavy atom. The molecule has 1 heterocycles. The molecule has 0 aliphatic rings. The Bertz CT molecular complexity index is 713. The fraction of sp³-hybridized carbons (Fsp3) is 0. The lowest BCUT2D eigenvalue weighted by molar-refractivity contribution is 0.463. The Labute approximate surface area is 126 Å². The molecule has 0 radical (unpaired) electrons. The van der Waals surface area contributed by atoms with Crippen LogP contribution in [0.1, 0.15) is 0 Å². The Morgan fingerprint density at radius 3 is 2.45 bits per heavy atom. The van der Waals surface area contributed by atoms with Crippen molar-refractivity contribution in [1.82, 2.24) is 4.98 Å². The van der Waals surface area contributed by atoms with Gasteiger partial charge in [-0.1, -0.05) is 52.3 Å². The maximum absolute atomic E-state index is 5.78. The van der Waals surface area contributed by atoms with Crippen LogP contribution in [0.3, 0.4) is 0 Å². The molecule has 20 heavy (non-hydrogen) atoms. The third-order valence-corrected chi connectivity index (χ3v) is 3.35. The molecular formula is C17H12BrNO. The summed E-state index contributed by atoms with van der Waals surface area (Å²) in [6.07, 6.45) is 1.76. The van der Waals surface area contributed by atoms with Gasteiger partial charge in [-0.15, -0.1) is 0 Å². The number of halogens is 1. The predicted molar refractivity (Wildman–Crippen MR) is 83.9 cm³/mol. The molecule has 0 bridgehead atoms. The van der Waals surface area contributed by atoms with Gasteiger partial charge in [0.25, 0.3) is 0 Å². The number of pyridine rings is 1. The summed E-state index contributed by atoms with van der Waals surface area (Å²) in [5.41, 5.74) is 2.24. The van der Waals surface area contributed by atoms with Crippen LogP contribution >= 0.6 is 15.9 Å². The van der Waals surface area contributed by atoms with Crippen molar-refractivity contribution < 1.29 is 4.74 Å². The minimum atomic E-state index is 0.587. The van der Waals surface area contributed by atoms with Gasteiger partial charge in [-0.2, -0.15) is 0 Å². The molecule has 98 valence electrons. The number of aromatic nitrogens is 1. The van der Waals surface area contributed by atoms with E-state index in [2.05, 4.69) is 33.0 Å². The van der Waals surface area contributed by atoms with Crippen LogP contribution in [0.4, 0.5) is 0 Å². The van der Waals surface area contributed by atoms with Crippen molar-refractivity contribution in [3.05, 3.63) is 77.4 Å². The summed E-state index contributed by atoms with van der Waals surface area (Å²) in [5, 5.41) is 0. The molecule has 0 amide bonds. The Balaban J connectivity index is 1.88. The van der Waals surface area contributed by atoms with Crippen LogP contribution in [0, 0.1) is 0 Å². The lowest BCUT2D eigenvalue weighted by Crippen LogP contribution is -1.88. The van der Waals surface area contributed by atoms with Gasteiger partial charge in [0, 0.05) is 16.7 Å². The predicted octanol–water partition coefficient (Wildman–Crippen LogP) is 5.30. The average molecular weight is 326 g/mol. The zero-order valence-electron chi connectivity index (χ0n) is 10.7. The summed E-state index contributed by atoms with van der Waals surface area (Å²) in [6.45, 7) is 0. The second-order valence-electron chi connectivity index (χ2n) is 4.31. The van der Waals surface area contributed by atoms with E-state index in [1.165, 1.54) is 0 Å². The van der Waals surface area contributed by atoms with E-state index in [1.54, 1.807) is 6.20 Å². The second-order valence-corrected chi connectivity index (χ2v) is 5.22. The third-order valence-electron chi connectivity index (χ3n) is 2.86. The minimum absolute atomic E-state index is 0.587. The van der Waals surface area contributed by atoms with Crippen LogP contribution in [0.15, 0.2) is 77.4 Å². The molecule has 2 nitrogen and oxygen atoms in total. The first-order valence-corrected chi connectivity index (χ1v) is 7.05. The van der Waals surface area contributed by atoms with E-state index in [1.807, 2.05) is 54.6 Å². The number of hydrogen-bond acceptors (Lipinski definition) is 2. The fourth-order valence-corrected chi connectivity index (χ4v) is 2.30. The van der Waals surface area contributed by atoms with Crippen LogP contribution in [0.2, 0.25) is 0 Å². The van der Waals surface area contributed by atoms with Gasteiger partial charge >= 0.3 is 0 Å². The van der Waals surface area contributed by atoms with E-state index >= 15 is 0 Å². The molecule has 0 spiro atoms. The number of nitrogens with zero attached hydrogens (tertiary/aromatic N) is 1. The maximum atomic E-state index is 5.78. The van der Waals surface area contributed by atoms with Gasteiger partial charge in [0.2, 0.25) is 5.88 Å². The highest BCUT2D eigenvalue weighted by atomic mass is 79.9. The first-order chi connectivity index (χ1) is 9.81. The van der Waals surface area contributed by atoms with E-state index in [0.29, 0.717) is 5.88 Å². The van der Waals surface area contributed by atoms with Crippen molar-refractivity contribution in [1.29, 1.82) is 0 Å². The Morgan fingerprint density at radius 1 is 0.800 bits per heavy atom. The molecule has 3 heteroatoms. The lowest BCUT2D eigenvalue weighted by Gasteiger charge is -2.07. The molecule has 3 aromatic rings. The molecule has 0 fully saturated rings. The van der Waals surface area contributed by atoms with Crippen LogP contribution in [0.5, 0.6) is 11.6 Å². The summed E-state index contributed by atoms with van der Waals surface area (Å²) in [6, 6.07) is 21.8. The van der Waals surface area contributed by atoms with Gasteiger partial charge in [0.1, 0.15) is 5.75 Å². The fourth-order valence-electron chi connectivity index (χ4n) is 1.93. The Hall–Kier alpha value is -2.13.